The minimum Gasteiger partial charge on any atom is -0.484 e. The molecule has 1 atom stereocenters. The van der Waals surface area contributed by atoms with Crippen LogP contribution >= 0.6 is 0 Å². The zero-order valence-electron chi connectivity index (χ0n) is 21.8. The van der Waals surface area contributed by atoms with E-state index in [2.05, 4.69) is 0 Å². The molecule has 0 aliphatic carbocycles. The molecule has 0 bridgehead atoms. The number of nitrogens with zero attached hydrogens (tertiary/aromatic N) is 5. The van der Waals surface area contributed by atoms with E-state index in [-0.39, 0.29) is 35.1 Å². The van der Waals surface area contributed by atoms with Gasteiger partial charge in [0.05, 0.1) is 6.54 Å². The average Bonchev–Trinajstić information content (AvgIpc) is 3.27. The van der Waals surface area contributed by atoms with Crippen LogP contribution in [-0.2, 0) is 24.9 Å². The van der Waals surface area contributed by atoms with Crippen LogP contribution < -0.4 is 32.4 Å². The first kappa shape index (κ1) is 26.9. The number of hydrogen-bond donors (Lipinski definition) is 2. The van der Waals surface area contributed by atoms with Gasteiger partial charge < -0.3 is 25.7 Å². The summed E-state index contributed by atoms with van der Waals surface area (Å²) in [5.41, 5.74) is 11.9. The molecule has 0 spiro atoms. The summed E-state index contributed by atoms with van der Waals surface area (Å²) >= 11 is 0. The molecule has 3 aromatic rings. The van der Waals surface area contributed by atoms with Gasteiger partial charge in [-0.15, -0.1) is 0 Å². The first-order valence-corrected chi connectivity index (χ1v) is 12.4. The van der Waals surface area contributed by atoms with E-state index < -0.39 is 29.5 Å². The molecule has 1 fully saturated rings. The number of nitrogens with two attached hydrogens (primary N) is 2. The van der Waals surface area contributed by atoms with E-state index >= 15 is 0 Å². The quantitative estimate of drug-likeness (QED) is 0.303. The molecule has 202 valence electrons. The summed E-state index contributed by atoms with van der Waals surface area (Å²) in [6, 6.07) is 6.13. The van der Waals surface area contributed by atoms with Gasteiger partial charge in [-0.05, 0) is 38.8 Å². The summed E-state index contributed by atoms with van der Waals surface area (Å²) in [5.74, 6) is -0.274. The van der Waals surface area contributed by atoms with Gasteiger partial charge >= 0.3 is 5.69 Å². The summed E-state index contributed by atoms with van der Waals surface area (Å²) in [7, 11) is 1.54. The number of ketones is 1. The molecule has 12 nitrogen and oxygen atoms in total. The van der Waals surface area contributed by atoms with Crippen LogP contribution in [0.5, 0.6) is 5.75 Å². The van der Waals surface area contributed by atoms with Crippen LogP contribution in [0, 0.1) is 0 Å². The number of carbonyl (C=O) groups is 2. The summed E-state index contributed by atoms with van der Waals surface area (Å²) < 4.78 is 9.28. The van der Waals surface area contributed by atoms with Crippen molar-refractivity contribution in [2.45, 2.75) is 45.8 Å². The maximum Gasteiger partial charge on any atom is 0.332 e. The van der Waals surface area contributed by atoms with Crippen molar-refractivity contribution in [3.63, 3.8) is 0 Å². The highest BCUT2D eigenvalue weighted by atomic mass is 16.5. The molecular weight excluding hydrogens is 490 g/mol. The zero-order valence-corrected chi connectivity index (χ0v) is 21.8. The number of imidazole rings is 1. The fraction of sp³-hybridized carbons (Fsp3) is 0.423. The molecule has 4 N–H and O–H groups in total. The highest BCUT2D eigenvalue weighted by Gasteiger charge is 2.26. The number of allylic oxidation sites excluding steroid dienone is 2. The molecule has 1 unspecified atom stereocenters. The van der Waals surface area contributed by atoms with Crippen LogP contribution in [0.2, 0.25) is 0 Å². The van der Waals surface area contributed by atoms with Crippen molar-refractivity contribution in [3.8, 4) is 5.75 Å². The van der Waals surface area contributed by atoms with Crippen molar-refractivity contribution in [1.82, 2.24) is 18.7 Å². The van der Waals surface area contributed by atoms with Crippen molar-refractivity contribution in [2.75, 3.05) is 24.6 Å². The summed E-state index contributed by atoms with van der Waals surface area (Å²) in [6.07, 6.45) is 3.78. The second-order valence-electron chi connectivity index (χ2n) is 9.76. The third-order valence-electron chi connectivity index (χ3n) is 6.47. The molecule has 1 amide bonds. The first-order valence-electron chi connectivity index (χ1n) is 12.4. The Bertz CT molecular complexity index is 1530. The SMILES string of the molecule is CC(C)=CCn1c(N2CCCC(N)C2)nc2c1c(=O)n(CC(=O)c1cccc(OCC(N)=O)c1)c(=O)n2C. The van der Waals surface area contributed by atoms with Crippen LogP contribution in [0.3, 0.4) is 0 Å². The number of ether oxygens (including phenoxy) is 1. The fourth-order valence-corrected chi connectivity index (χ4v) is 4.53. The van der Waals surface area contributed by atoms with Gasteiger partial charge in [0.2, 0.25) is 5.95 Å². The second-order valence-corrected chi connectivity index (χ2v) is 9.76. The Morgan fingerprint density at radius 3 is 2.66 bits per heavy atom. The van der Waals surface area contributed by atoms with Crippen molar-refractivity contribution in [1.29, 1.82) is 0 Å². The van der Waals surface area contributed by atoms with Crippen LogP contribution in [-0.4, -0.2) is 56.1 Å². The van der Waals surface area contributed by atoms with Gasteiger partial charge in [-0.1, -0.05) is 23.8 Å². The number of Topliss-reactive ketones (excluding diaryl/α,β-unsaturated/α-hetero) is 1. The maximum atomic E-state index is 13.7. The maximum absolute atomic E-state index is 13.7. The normalized spacial score (nSPS) is 15.5. The van der Waals surface area contributed by atoms with E-state index in [1.165, 1.54) is 17.7 Å². The topological polar surface area (TPSA) is 160 Å². The Labute approximate surface area is 219 Å². The van der Waals surface area contributed by atoms with Gasteiger partial charge in [-0.25, -0.2) is 4.79 Å². The number of hydrogen-bond acceptors (Lipinski definition) is 8. The molecule has 0 saturated carbocycles. The Morgan fingerprint density at radius 1 is 1.21 bits per heavy atom. The summed E-state index contributed by atoms with van der Waals surface area (Å²) in [6.45, 7) is 4.81. The van der Waals surface area contributed by atoms with E-state index in [0.717, 1.165) is 29.5 Å². The number of amides is 1. The van der Waals surface area contributed by atoms with Gasteiger partial charge in [-0.3, -0.25) is 23.5 Å². The van der Waals surface area contributed by atoms with E-state index in [1.807, 2.05) is 24.8 Å². The number of carbonyl (C=O) groups excluding carboxylic acids is 2. The monoisotopic (exact) mass is 523 g/mol. The predicted octanol–water partition coefficient (Wildman–Crippen LogP) is 0.537. The van der Waals surface area contributed by atoms with Crippen molar-refractivity contribution in [3.05, 3.63) is 62.3 Å². The van der Waals surface area contributed by atoms with E-state index in [0.29, 0.717) is 19.0 Å². The van der Waals surface area contributed by atoms with Crippen molar-refractivity contribution >= 4 is 28.8 Å². The Kier molecular flexibility index (Phi) is 7.81. The molecule has 38 heavy (non-hydrogen) atoms. The standard InChI is InChI=1S/C26H33N7O5/c1-16(2)9-11-32-22-23(29-25(32)31-10-5-7-18(27)13-31)30(3)26(37)33(24(22)36)14-20(34)17-6-4-8-19(12-17)38-15-21(28)35/h4,6,8-9,12,18H,5,7,10-11,13-15,27H2,1-3H3,(H2,28,35). The fourth-order valence-electron chi connectivity index (χ4n) is 4.53. The highest BCUT2D eigenvalue weighted by molar-refractivity contribution is 5.96. The van der Waals surface area contributed by atoms with Crippen LogP contribution in [0.15, 0.2) is 45.5 Å². The summed E-state index contributed by atoms with van der Waals surface area (Å²) in [5, 5.41) is 0. The summed E-state index contributed by atoms with van der Waals surface area (Å²) in [4.78, 5) is 57.9. The van der Waals surface area contributed by atoms with E-state index in [1.54, 1.807) is 22.8 Å². The lowest BCUT2D eigenvalue weighted by molar-refractivity contribution is -0.119. The van der Waals surface area contributed by atoms with Gasteiger partial charge in [0.1, 0.15) is 5.75 Å². The Morgan fingerprint density at radius 2 is 1.97 bits per heavy atom. The smallest absolute Gasteiger partial charge is 0.332 e. The molecule has 12 heteroatoms. The molecule has 2 aromatic heterocycles. The van der Waals surface area contributed by atoms with Gasteiger partial charge in [0, 0.05) is 38.3 Å². The van der Waals surface area contributed by atoms with Crippen molar-refractivity contribution < 1.29 is 14.3 Å². The number of aromatic nitrogens is 4. The minimum absolute atomic E-state index is 0.0127. The molecule has 1 aliphatic heterocycles. The zero-order chi connectivity index (χ0) is 27.6. The molecule has 1 aromatic carbocycles. The highest BCUT2D eigenvalue weighted by Crippen LogP contribution is 2.23. The molecule has 4 rings (SSSR count). The van der Waals surface area contributed by atoms with Crippen LogP contribution in [0.4, 0.5) is 5.95 Å². The van der Waals surface area contributed by atoms with Gasteiger partial charge in [0.15, 0.2) is 23.6 Å². The lowest BCUT2D eigenvalue weighted by Gasteiger charge is -2.31. The number of rotatable bonds is 9. The first-order chi connectivity index (χ1) is 18.1. The number of piperidine rings is 1. The van der Waals surface area contributed by atoms with E-state index in [9.17, 15) is 19.2 Å². The number of aryl methyl sites for hydroxylation is 1. The third kappa shape index (κ3) is 5.54. The van der Waals surface area contributed by atoms with Crippen LogP contribution in [0.1, 0.15) is 37.0 Å². The van der Waals surface area contributed by atoms with Gasteiger partial charge in [0.25, 0.3) is 11.5 Å². The lowest BCUT2D eigenvalue weighted by Crippen LogP contribution is -2.44. The molecule has 3 heterocycles. The van der Waals surface area contributed by atoms with Crippen LogP contribution in [0.25, 0.3) is 11.2 Å². The van der Waals surface area contributed by atoms with Gasteiger partial charge in [-0.2, -0.15) is 4.98 Å². The third-order valence-corrected chi connectivity index (χ3v) is 6.47. The molecule has 1 aliphatic rings. The van der Waals surface area contributed by atoms with Crippen molar-refractivity contribution in [2.24, 2.45) is 18.5 Å². The largest absolute Gasteiger partial charge is 0.484 e. The minimum atomic E-state index is -0.652. The van der Waals surface area contributed by atoms with E-state index in [4.69, 9.17) is 21.2 Å². The Balaban J connectivity index is 1.78. The predicted molar refractivity (Wildman–Crippen MR) is 144 cm³/mol. The number of benzene rings is 1. The molecule has 0 radical (unpaired) electrons. The Hall–Kier alpha value is -4.19. The second kappa shape index (κ2) is 11.1. The molecular formula is C26H33N7O5. The molecule has 1 saturated heterocycles. The number of anilines is 1. The average molecular weight is 524 g/mol. The number of fused-ring (bicyclic) bond motifs is 1. The lowest BCUT2D eigenvalue weighted by atomic mass is 10.1. The number of primary amides is 1.